The zero-order valence-corrected chi connectivity index (χ0v) is 12.9. The van der Waals surface area contributed by atoms with Gasteiger partial charge in [-0.15, -0.1) is 0 Å². The summed E-state index contributed by atoms with van der Waals surface area (Å²) in [5.41, 5.74) is 1.51. The molecule has 4 bridgehead atoms. The fraction of sp³-hybridized carbons (Fsp3) is 1.00. The summed E-state index contributed by atoms with van der Waals surface area (Å²) in [6.07, 6.45) is 12.1. The van der Waals surface area contributed by atoms with Gasteiger partial charge in [0.05, 0.1) is 0 Å². The van der Waals surface area contributed by atoms with E-state index in [1.165, 1.54) is 51.4 Å². The molecule has 0 saturated heterocycles. The molecular formula is C14H20Br2. The molecule has 0 nitrogen and oxygen atoms in total. The highest BCUT2D eigenvalue weighted by Gasteiger charge is 2.65. The molecule has 0 heterocycles. The first-order chi connectivity index (χ1) is 7.64. The minimum Gasteiger partial charge on any atom is -0.0887 e. The van der Waals surface area contributed by atoms with Gasteiger partial charge in [0.25, 0.3) is 0 Å². The maximum atomic E-state index is 4.00. The summed E-state index contributed by atoms with van der Waals surface area (Å²) in [6.45, 7) is 0. The number of hydrogen-bond acceptors (Lipinski definition) is 0. The Bertz CT molecular complexity index is 297. The van der Waals surface area contributed by atoms with E-state index < -0.39 is 0 Å². The van der Waals surface area contributed by atoms with Gasteiger partial charge in [0.2, 0.25) is 0 Å². The molecule has 0 radical (unpaired) electrons. The Labute approximate surface area is 115 Å². The van der Waals surface area contributed by atoms with Gasteiger partial charge in [-0.25, -0.2) is 0 Å². The molecule has 2 heteroatoms. The van der Waals surface area contributed by atoms with E-state index in [1.807, 2.05) is 0 Å². The van der Waals surface area contributed by atoms with E-state index in [2.05, 4.69) is 31.9 Å². The predicted octanol–water partition coefficient (Wildman–Crippen LogP) is 4.89. The minimum absolute atomic E-state index is 0.753. The fourth-order valence-corrected chi connectivity index (χ4v) is 7.94. The number of halogens is 2. The lowest BCUT2D eigenvalue weighted by molar-refractivity contribution is -0.0242. The maximum absolute atomic E-state index is 4.00. The summed E-state index contributed by atoms with van der Waals surface area (Å²) in [5, 5.41) is 0. The van der Waals surface area contributed by atoms with Gasteiger partial charge in [-0.2, -0.15) is 0 Å². The Kier molecular flexibility index (Phi) is 2.23. The Balaban J connectivity index is 1.79. The van der Waals surface area contributed by atoms with Crippen molar-refractivity contribution in [2.75, 3.05) is 0 Å². The molecule has 0 amide bonds. The van der Waals surface area contributed by atoms with Crippen LogP contribution in [0.15, 0.2) is 0 Å². The second-order valence-electron chi connectivity index (χ2n) is 7.01. The van der Waals surface area contributed by atoms with E-state index >= 15 is 0 Å². The van der Waals surface area contributed by atoms with Crippen molar-refractivity contribution in [3.8, 4) is 0 Å². The summed E-state index contributed by atoms with van der Waals surface area (Å²) in [6, 6.07) is 0. The molecule has 16 heavy (non-hydrogen) atoms. The van der Waals surface area contributed by atoms with Crippen LogP contribution in [0.5, 0.6) is 0 Å². The second kappa shape index (κ2) is 3.29. The smallest absolute Gasteiger partial charge is 0.0179 e. The molecule has 4 fully saturated rings. The van der Waals surface area contributed by atoms with Gasteiger partial charge >= 0.3 is 0 Å². The molecule has 0 aromatic heterocycles. The largest absolute Gasteiger partial charge is 0.0887 e. The van der Waals surface area contributed by atoms with Crippen molar-refractivity contribution in [2.45, 2.75) is 61.0 Å². The summed E-state index contributed by atoms with van der Waals surface area (Å²) in [5.74, 6) is 2.00. The predicted molar refractivity (Wildman–Crippen MR) is 74.2 cm³/mol. The molecule has 2 spiro atoms. The normalized spacial score (nSPS) is 63.4. The molecular weight excluding hydrogens is 328 g/mol. The summed E-state index contributed by atoms with van der Waals surface area (Å²) >= 11 is 8.00. The topological polar surface area (TPSA) is 0 Å². The van der Waals surface area contributed by atoms with E-state index in [1.54, 1.807) is 0 Å². The third-order valence-corrected chi connectivity index (χ3v) is 8.76. The van der Waals surface area contributed by atoms with Gasteiger partial charge < -0.3 is 0 Å². The molecule has 0 aliphatic heterocycles. The fourth-order valence-electron chi connectivity index (χ4n) is 5.80. The van der Waals surface area contributed by atoms with Crippen molar-refractivity contribution in [1.29, 1.82) is 0 Å². The number of alkyl halides is 2. The van der Waals surface area contributed by atoms with E-state index in [-0.39, 0.29) is 0 Å². The molecule has 90 valence electrons. The van der Waals surface area contributed by atoms with Gasteiger partial charge in [0.1, 0.15) is 0 Å². The van der Waals surface area contributed by atoms with Crippen LogP contribution in [0, 0.1) is 22.7 Å². The van der Waals surface area contributed by atoms with Gasteiger partial charge in [-0.3, -0.25) is 0 Å². The Morgan fingerprint density at radius 2 is 1.12 bits per heavy atom. The van der Waals surface area contributed by atoms with Gasteiger partial charge in [0.15, 0.2) is 0 Å². The summed E-state index contributed by atoms with van der Waals surface area (Å²) in [7, 11) is 0. The zero-order valence-electron chi connectivity index (χ0n) is 9.72. The Morgan fingerprint density at radius 3 is 1.56 bits per heavy atom. The molecule has 4 aliphatic carbocycles. The van der Waals surface area contributed by atoms with Crippen molar-refractivity contribution in [3.63, 3.8) is 0 Å². The lowest BCUT2D eigenvalue weighted by Crippen LogP contribution is -2.49. The van der Waals surface area contributed by atoms with Crippen LogP contribution < -0.4 is 0 Å². The monoisotopic (exact) mass is 346 g/mol. The summed E-state index contributed by atoms with van der Waals surface area (Å²) in [4.78, 5) is 1.68. The standard InChI is InChI=1S/C14H20Br2/c15-11-7-14-4-2-10(6-14)12(16)8-13(14)3-1-9(11)5-13/h9-12H,1-8H2/t9-,10-,11+,12+,13+,14+/m0/s1. The van der Waals surface area contributed by atoms with E-state index in [9.17, 15) is 0 Å². The highest BCUT2D eigenvalue weighted by Crippen LogP contribution is 2.73. The van der Waals surface area contributed by atoms with Crippen LogP contribution in [-0.2, 0) is 0 Å². The molecule has 4 aliphatic rings. The highest BCUT2D eigenvalue weighted by molar-refractivity contribution is 9.09. The molecule has 0 N–H and O–H groups in total. The van der Waals surface area contributed by atoms with Crippen LogP contribution in [0.3, 0.4) is 0 Å². The first-order valence-electron chi connectivity index (χ1n) is 6.92. The quantitative estimate of drug-likeness (QED) is 0.547. The zero-order chi connectivity index (χ0) is 11.0. The van der Waals surface area contributed by atoms with E-state index in [4.69, 9.17) is 0 Å². The van der Waals surface area contributed by atoms with Crippen LogP contribution in [0.2, 0.25) is 0 Å². The van der Waals surface area contributed by atoms with Gasteiger partial charge in [0, 0.05) is 9.65 Å². The Morgan fingerprint density at radius 1 is 0.688 bits per heavy atom. The van der Waals surface area contributed by atoms with Gasteiger partial charge in [-0.1, -0.05) is 31.9 Å². The van der Waals surface area contributed by atoms with E-state index in [0.29, 0.717) is 0 Å². The van der Waals surface area contributed by atoms with Gasteiger partial charge in [-0.05, 0) is 74.0 Å². The number of fused-ring (bicyclic) bond motifs is 2. The average molecular weight is 348 g/mol. The third-order valence-electron chi connectivity index (χ3n) is 6.61. The molecule has 4 saturated carbocycles. The first-order valence-corrected chi connectivity index (χ1v) is 8.76. The van der Waals surface area contributed by atoms with Crippen LogP contribution >= 0.6 is 31.9 Å². The number of hydrogen-bond donors (Lipinski definition) is 0. The molecule has 0 aromatic rings. The molecule has 0 unspecified atom stereocenters. The summed E-state index contributed by atoms with van der Waals surface area (Å²) < 4.78 is 0. The second-order valence-corrected chi connectivity index (χ2v) is 9.36. The maximum Gasteiger partial charge on any atom is 0.0179 e. The van der Waals surface area contributed by atoms with Crippen LogP contribution in [-0.4, -0.2) is 9.65 Å². The molecule has 4 rings (SSSR count). The SMILES string of the molecule is Br[C@@H]1C[C@@]23CC[C@@H](C2)[C@H](Br)C[C@]32CC[C@H]1C2. The minimum atomic E-state index is 0.753. The molecule has 0 aromatic carbocycles. The Hall–Kier alpha value is 0.960. The molecule has 6 atom stereocenters. The van der Waals surface area contributed by atoms with Crippen molar-refractivity contribution >= 4 is 31.9 Å². The van der Waals surface area contributed by atoms with Crippen LogP contribution in [0.1, 0.15) is 51.4 Å². The number of rotatable bonds is 0. The average Bonchev–Trinajstić information content (AvgIpc) is 2.78. The van der Waals surface area contributed by atoms with E-state index in [0.717, 1.165) is 32.3 Å². The van der Waals surface area contributed by atoms with Crippen LogP contribution in [0.4, 0.5) is 0 Å². The first kappa shape index (κ1) is 10.8. The third kappa shape index (κ3) is 1.17. The highest BCUT2D eigenvalue weighted by atomic mass is 79.9. The lowest BCUT2D eigenvalue weighted by atomic mass is 9.52. The van der Waals surface area contributed by atoms with Crippen molar-refractivity contribution in [1.82, 2.24) is 0 Å². The van der Waals surface area contributed by atoms with Crippen LogP contribution in [0.25, 0.3) is 0 Å². The lowest BCUT2D eigenvalue weighted by Gasteiger charge is -2.55. The van der Waals surface area contributed by atoms with Crippen molar-refractivity contribution in [2.24, 2.45) is 22.7 Å². The van der Waals surface area contributed by atoms with Crippen molar-refractivity contribution < 1.29 is 0 Å². The van der Waals surface area contributed by atoms with Crippen molar-refractivity contribution in [3.05, 3.63) is 0 Å².